The molecule has 1 N–H and O–H groups in total. The maximum Gasteiger partial charge on any atom is 0.249 e. The Morgan fingerprint density at radius 1 is 1.21 bits per heavy atom. The van der Waals surface area contributed by atoms with Crippen LogP contribution in [0.5, 0.6) is 0 Å². The van der Waals surface area contributed by atoms with Gasteiger partial charge in [-0.2, -0.15) is 5.10 Å². The number of anilines is 1. The van der Waals surface area contributed by atoms with Gasteiger partial charge >= 0.3 is 0 Å². The SMILES string of the molecule is CC(C)(C)C(=O)N1CSCC1C(=O)Nc1ccnn1C1CCCc2ccccc21. The van der Waals surface area contributed by atoms with Crippen LogP contribution in [0, 0.1) is 5.41 Å². The summed E-state index contributed by atoms with van der Waals surface area (Å²) in [7, 11) is 0. The molecule has 2 heterocycles. The van der Waals surface area contributed by atoms with Crippen LogP contribution in [0.4, 0.5) is 5.82 Å². The van der Waals surface area contributed by atoms with Gasteiger partial charge < -0.3 is 10.2 Å². The molecule has 0 radical (unpaired) electrons. The highest BCUT2D eigenvalue weighted by atomic mass is 32.2. The van der Waals surface area contributed by atoms with E-state index < -0.39 is 11.5 Å². The molecule has 1 aliphatic carbocycles. The van der Waals surface area contributed by atoms with Crippen molar-refractivity contribution in [2.45, 2.75) is 52.1 Å². The number of carbonyl (C=O) groups is 2. The van der Waals surface area contributed by atoms with Crippen molar-refractivity contribution in [2.75, 3.05) is 16.9 Å². The highest BCUT2D eigenvalue weighted by Gasteiger charge is 2.39. The molecule has 2 aliphatic rings. The van der Waals surface area contributed by atoms with Crippen LogP contribution >= 0.6 is 11.8 Å². The molecule has 2 amide bonds. The maximum atomic E-state index is 13.1. The Morgan fingerprint density at radius 2 is 2.00 bits per heavy atom. The van der Waals surface area contributed by atoms with Crippen LogP contribution in [-0.2, 0) is 16.0 Å². The number of thioether (sulfide) groups is 1. The third-order valence-electron chi connectivity index (χ3n) is 5.64. The lowest BCUT2D eigenvalue weighted by molar-refractivity contribution is -0.143. The van der Waals surface area contributed by atoms with Crippen molar-refractivity contribution < 1.29 is 9.59 Å². The molecule has 1 fully saturated rings. The second kappa shape index (κ2) is 7.86. The van der Waals surface area contributed by atoms with Crippen molar-refractivity contribution >= 4 is 29.4 Å². The number of nitrogens with zero attached hydrogens (tertiary/aromatic N) is 3. The molecule has 2 aromatic rings. The van der Waals surface area contributed by atoms with E-state index in [0.29, 0.717) is 17.4 Å². The number of benzene rings is 1. The molecule has 2 unspecified atom stereocenters. The van der Waals surface area contributed by atoms with Crippen LogP contribution in [-0.4, -0.2) is 44.2 Å². The standard InChI is InChI=1S/C22H28N4O2S/c1-22(2,3)21(28)25-14-29-13-18(25)20(27)24-19-11-12-23-26(19)17-10-6-8-15-7-4-5-9-16(15)17/h4-5,7,9,11-12,17-18H,6,8,10,13-14H2,1-3H3,(H,24,27). The predicted octanol–water partition coefficient (Wildman–Crippen LogP) is 3.69. The maximum absolute atomic E-state index is 13.1. The molecule has 0 bridgehead atoms. The lowest BCUT2D eigenvalue weighted by Gasteiger charge is -2.30. The first-order valence-corrected chi connectivity index (χ1v) is 11.3. The largest absolute Gasteiger partial charge is 0.320 e. The number of amides is 2. The fourth-order valence-electron chi connectivity index (χ4n) is 4.14. The quantitative estimate of drug-likeness (QED) is 0.835. The number of carbonyl (C=O) groups excluding carboxylic acids is 2. The summed E-state index contributed by atoms with van der Waals surface area (Å²) in [6, 6.07) is 9.98. The van der Waals surface area contributed by atoms with E-state index in [1.165, 1.54) is 11.1 Å². The van der Waals surface area contributed by atoms with Crippen molar-refractivity contribution in [3.8, 4) is 0 Å². The molecule has 154 valence electrons. The molecule has 2 atom stereocenters. The average Bonchev–Trinajstić information content (AvgIpc) is 3.35. The van der Waals surface area contributed by atoms with Gasteiger partial charge in [0.25, 0.3) is 0 Å². The summed E-state index contributed by atoms with van der Waals surface area (Å²) in [6.45, 7) is 5.68. The summed E-state index contributed by atoms with van der Waals surface area (Å²) in [5.74, 6) is 1.74. The van der Waals surface area contributed by atoms with Crippen LogP contribution in [0.15, 0.2) is 36.5 Å². The number of fused-ring (bicyclic) bond motifs is 1. The molecule has 1 aromatic heterocycles. The van der Waals surface area contributed by atoms with Gasteiger partial charge in [-0.3, -0.25) is 9.59 Å². The van der Waals surface area contributed by atoms with E-state index in [0.717, 1.165) is 19.3 Å². The van der Waals surface area contributed by atoms with Crippen LogP contribution in [0.2, 0.25) is 0 Å². The Kier molecular flexibility index (Phi) is 5.42. The summed E-state index contributed by atoms with van der Waals surface area (Å²) in [6.07, 6.45) is 4.91. The lowest BCUT2D eigenvalue weighted by Crippen LogP contribution is -2.48. The lowest BCUT2D eigenvalue weighted by atomic mass is 9.88. The van der Waals surface area contributed by atoms with Gasteiger partial charge in [-0.25, -0.2) is 4.68 Å². The summed E-state index contributed by atoms with van der Waals surface area (Å²) in [4.78, 5) is 27.5. The second-order valence-electron chi connectivity index (χ2n) is 8.80. The van der Waals surface area contributed by atoms with Crippen LogP contribution in [0.1, 0.15) is 50.8 Å². The minimum atomic E-state index is -0.503. The Hall–Kier alpha value is -2.28. The molecule has 1 aliphatic heterocycles. The Morgan fingerprint density at radius 3 is 2.79 bits per heavy atom. The summed E-state index contributed by atoms with van der Waals surface area (Å²) in [5.41, 5.74) is 2.13. The van der Waals surface area contributed by atoms with Crippen LogP contribution in [0.25, 0.3) is 0 Å². The fourth-order valence-corrected chi connectivity index (χ4v) is 5.30. The van der Waals surface area contributed by atoms with E-state index in [1.54, 1.807) is 22.9 Å². The number of aryl methyl sites for hydroxylation is 1. The smallest absolute Gasteiger partial charge is 0.249 e. The summed E-state index contributed by atoms with van der Waals surface area (Å²) < 4.78 is 1.92. The third kappa shape index (κ3) is 3.92. The van der Waals surface area contributed by atoms with Gasteiger partial charge in [-0.15, -0.1) is 11.8 Å². The zero-order chi connectivity index (χ0) is 20.6. The minimum absolute atomic E-state index is 0.0114. The molecule has 0 spiro atoms. The summed E-state index contributed by atoms with van der Waals surface area (Å²) >= 11 is 1.62. The van der Waals surface area contributed by atoms with Crippen molar-refractivity contribution in [2.24, 2.45) is 5.41 Å². The van der Waals surface area contributed by atoms with Gasteiger partial charge in [0.1, 0.15) is 11.9 Å². The molecule has 6 nitrogen and oxygen atoms in total. The van der Waals surface area contributed by atoms with E-state index >= 15 is 0 Å². The topological polar surface area (TPSA) is 67.2 Å². The fraction of sp³-hybridized carbons (Fsp3) is 0.500. The first kappa shape index (κ1) is 20.0. The highest BCUT2D eigenvalue weighted by molar-refractivity contribution is 7.99. The summed E-state index contributed by atoms with van der Waals surface area (Å²) in [5, 5.41) is 7.58. The normalized spacial score (nSPS) is 21.7. The minimum Gasteiger partial charge on any atom is -0.320 e. The predicted molar refractivity (Wildman–Crippen MR) is 116 cm³/mol. The number of hydrogen-bond donors (Lipinski definition) is 1. The Labute approximate surface area is 176 Å². The second-order valence-corrected chi connectivity index (χ2v) is 9.80. The van der Waals surface area contributed by atoms with E-state index in [4.69, 9.17) is 0 Å². The molecule has 1 aromatic carbocycles. The Bertz CT molecular complexity index is 918. The number of aromatic nitrogens is 2. The van der Waals surface area contributed by atoms with Crippen LogP contribution in [0.3, 0.4) is 0 Å². The van der Waals surface area contributed by atoms with Crippen molar-refractivity contribution in [3.05, 3.63) is 47.7 Å². The molecule has 29 heavy (non-hydrogen) atoms. The van der Waals surface area contributed by atoms with Crippen molar-refractivity contribution in [1.82, 2.24) is 14.7 Å². The molecular weight excluding hydrogens is 384 g/mol. The van der Waals surface area contributed by atoms with Crippen molar-refractivity contribution in [1.29, 1.82) is 0 Å². The third-order valence-corrected chi connectivity index (χ3v) is 6.65. The van der Waals surface area contributed by atoms with E-state index in [1.807, 2.05) is 31.5 Å². The van der Waals surface area contributed by atoms with Gasteiger partial charge in [0.2, 0.25) is 11.8 Å². The average molecular weight is 413 g/mol. The zero-order valence-corrected chi connectivity index (χ0v) is 18.0. The zero-order valence-electron chi connectivity index (χ0n) is 17.2. The van der Waals surface area contributed by atoms with E-state index in [2.05, 4.69) is 34.7 Å². The van der Waals surface area contributed by atoms with Crippen molar-refractivity contribution in [3.63, 3.8) is 0 Å². The number of nitrogens with one attached hydrogen (secondary N) is 1. The molecule has 4 rings (SSSR count). The van der Waals surface area contributed by atoms with Gasteiger partial charge in [0, 0.05) is 17.2 Å². The van der Waals surface area contributed by atoms with Gasteiger partial charge in [0.15, 0.2) is 0 Å². The van der Waals surface area contributed by atoms with Crippen LogP contribution < -0.4 is 5.32 Å². The monoisotopic (exact) mass is 412 g/mol. The molecule has 0 saturated carbocycles. The Balaban J connectivity index is 1.54. The molecule has 1 saturated heterocycles. The van der Waals surface area contributed by atoms with Gasteiger partial charge in [-0.05, 0) is 30.4 Å². The van der Waals surface area contributed by atoms with Gasteiger partial charge in [0.05, 0.1) is 18.1 Å². The highest BCUT2D eigenvalue weighted by Crippen LogP contribution is 2.34. The first-order valence-electron chi connectivity index (χ1n) is 10.2. The first-order chi connectivity index (χ1) is 13.9. The molecule has 7 heteroatoms. The number of hydrogen-bond acceptors (Lipinski definition) is 4. The van der Waals surface area contributed by atoms with E-state index in [-0.39, 0.29) is 17.9 Å². The molecular formula is C22H28N4O2S. The van der Waals surface area contributed by atoms with E-state index in [9.17, 15) is 9.59 Å². The number of rotatable bonds is 3. The van der Waals surface area contributed by atoms with Gasteiger partial charge in [-0.1, -0.05) is 45.0 Å².